The van der Waals surface area contributed by atoms with Gasteiger partial charge in [0.2, 0.25) is 5.91 Å². The molecule has 0 aliphatic heterocycles. The molecule has 0 radical (unpaired) electrons. The minimum Gasteiger partial charge on any atom is -1.00 e. The van der Waals surface area contributed by atoms with Crippen molar-refractivity contribution in [3.63, 3.8) is 0 Å². The second-order valence-corrected chi connectivity index (χ2v) is 5.94. The summed E-state index contributed by atoms with van der Waals surface area (Å²) >= 11 is 1.42. The van der Waals surface area contributed by atoms with Crippen LogP contribution in [0.2, 0.25) is 0 Å². The van der Waals surface area contributed by atoms with Crippen molar-refractivity contribution in [3.05, 3.63) is 60.2 Å². The molecule has 0 fully saturated rings. The van der Waals surface area contributed by atoms with Crippen LogP contribution in [-0.4, -0.2) is 10.9 Å². The Labute approximate surface area is 145 Å². The summed E-state index contributed by atoms with van der Waals surface area (Å²) in [6.45, 7) is 3.54. The lowest BCUT2D eigenvalue weighted by atomic mass is 10.2. The van der Waals surface area contributed by atoms with E-state index in [-0.39, 0.29) is 18.3 Å². The monoisotopic (exact) mass is 345 g/mol. The third-order valence-electron chi connectivity index (χ3n) is 3.16. The van der Waals surface area contributed by atoms with Crippen LogP contribution in [0.4, 0.5) is 5.13 Å². The standard InChI is InChI=1S/C17H15N3OS.ClH/c1-12-8-10-15(11-9-12)20-16(14-6-4-3-5-7-14)19-17(22-20)18-13(2)21;/h3-11H,1-2H3;1H. The molecular formula is C17H16ClN3OS. The van der Waals surface area contributed by atoms with Crippen LogP contribution in [-0.2, 0) is 4.79 Å². The minimum atomic E-state index is -0.121. The summed E-state index contributed by atoms with van der Waals surface area (Å²) in [5.41, 5.74) is 3.24. The zero-order valence-corrected chi connectivity index (χ0v) is 14.4. The number of rotatable bonds is 3. The number of amides is 1. The Morgan fingerprint density at radius 1 is 1.09 bits per heavy atom. The number of nitrogens with one attached hydrogen (secondary N) is 1. The van der Waals surface area contributed by atoms with Gasteiger partial charge in [-0.3, -0.25) is 10.1 Å². The van der Waals surface area contributed by atoms with Crippen molar-refractivity contribution >= 4 is 22.6 Å². The normalized spacial score (nSPS) is 10.0. The van der Waals surface area contributed by atoms with Gasteiger partial charge in [0.25, 0.3) is 0 Å². The first-order valence-electron chi connectivity index (χ1n) is 6.97. The molecule has 3 aromatic rings. The molecule has 0 aliphatic rings. The fraction of sp³-hybridized carbons (Fsp3) is 0.118. The van der Waals surface area contributed by atoms with E-state index in [9.17, 15) is 4.79 Å². The predicted octanol–water partition coefficient (Wildman–Crippen LogP) is 0.358. The number of aryl methyl sites for hydroxylation is 1. The highest BCUT2D eigenvalue weighted by molar-refractivity contribution is 7.06. The molecular weight excluding hydrogens is 330 g/mol. The Kier molecular flexibility index (Phi) is 5.47. The van der Waals surface area contributed by atoms with Gasteiger partial charge in [-0.1, -0.05) is 35.9 Å². The highest BCUT2D eigenvalue weighted by Crippen LogP contribution is 2.21. The molecule has 0 atom stereocenters. The van der Waals surface area contributed by atoms with Crippen LogP contribution in [0.5, 0.6) is 0 Å². The first-order valence-corrected chi connectivity index (χ1v) is 7.74. The summed E-state index contributed by atoms with van der Waals surface area (Å²) in [7, 11) is 0. The SMILES string of the molecule is CC(=O)Nc1nc(-c2ccccc2)[n+](-c2ccc(C)cc2)s1.[Cl-]. The molecule has 0 saturated carbocycles. The van der Waals surface area contributed by atoms with Gasteiger partial charge in [0.1, 0.15) is 17.2 Å². The van der Waals surface area contributed by atoms with Crippen molar-refractivity contribution in [3.8, 4) is 17.1 Å². The number of hydrogen-bond donors (Lipinski definition) is 1. The average molecular weight is 346 g/mol. The van der Waals surface area contributed by atoms with Crippen molar-refractivity contribution in [1.82, 2.24) is 4.98 Å². The van der Waals surface area contributed by atoms with E-state index in [1.54, 1.807) is 0 Å². The molecule has 1 N–H and O–H groups in total. The highest BCUT2D eigenvalue weighted by Gasteiger charge is 2.24. The van der Waals surface area contributed by atoms with Gasteiger partial charge in [-0.05, 0) is 36.2 Å². The minimum absolute atomic E-state index is 0. The van der Waals surface area contributed by atoms with Crippen LogP contribution in [0.3, 0.4) is 0 Å². The Balaban J connectivity index is 0.00000192. The molecule has 0 spiro atoms. The van der Waals surface area contributed by atoms with E-state index in [1.165, 1.54) is 24.0 Å². The number of carbonyl (C=O) groups is 1. The van der Waals surface area contributed by atoms with Gasteiger partial charge < -0.3 is 12.4 Å². The molecule has 3 rings (SSSR count). The van der Waals surface area contributed by atoms with Crippen LogP contribution in [0.25, 0.3) is 17.1 Å². The van der Waals surface area contributed by atoms with Crippen molar-refractivity contribution in [1.29, 1.82) is 0 Å². The van der Waals surface area contributed by atoms with Gasteiger partial charge in [-0.15, -0.1) is 3.96 Å². The third-order valence-corrected chi connectivity index (χ3v) is 4.09. The van der Waals surface area contributed by atoms with Gasteiger partial charge in [-0.25, -0.2) is 0 Å². The summed E-state index contributed by atoms with van der Waals surface area (Å²) in [6, 6.07) is 18.2. The predicted molar refractivity (Wildman–Crippen MR) is 88.1 cm³/mol. The maximum absolute atomic E-state index is 11.3. The molecule has 2 aromatic carbocycles. The quantitative estimate of drug-likeness (QED) is 0.697. The molecule has 0 saturated heterocycles. The lowest BCUT2D eigenvalue weighted by Gasteiger charge is -1.98. The van der Waals surface area contributed by atoms with Gasteiger partial charge in [0, 0.05) is 6.92 Å². The van der Waals surface area contributed by atoms with Gasteiger partial charge in [-0.2, -0.15) is 0 Å². The van der Waals surface area contributed by atoms with Gasteiger partial charge in [0.05, 0.1) is 5.56 Å². The van der Waals surface area contributed by atoms with E-state index in [0.717, 1.165) is 17.1 Å². The van der Waals surface area contributed by atoms with E-state index in [1.807, 2.05) is 34.3 Å². The van der Waals surface area contributed by atoms with Crippen molar-refractivity contribution in [2.45, 2.75) is 13.8 Å². The fourth-order valence-corrected chi connectivity index (χ4v) is 3.07. The Hall–Kier alpha value is -2.24. The second kappa shape index (κ2) is 7.35. The summed E-state index contributed by atoms with van der Waals surface area (Å²) in [6.07, 6.45) is 0. The van der Waals surface area contributed by atoms with Gasteiger partial charge >= 0.3 is 11.0 Å². The molecule has 4 nitrogen and oxygen atoms in total. The first kappa shape index (κ1) is 17.1. The summed E-state index contributed by atoms with van der Waals surface area (Å²) in [4.78, 5) is 15.9. The molecule has 0 aliphatic carbocycles. The van der Waals surface area contributed by atoms with E-state index >= 15 is 0 Å². The first-order chi connectivity index (χ1) is 10.6. The Bertz CT molecular complexity index is 800. The number of benzene rings is 2. The van der Waals surface area contributed by atoms with Gasteiger partial charge in [0.15, 0.2) is 0 Å². The molecule has 1 heterocycles. The second-order valence-electron chi connectivity index (χ2n) is 5.01. The zero-order valence-electron chi connectivity index (χ0n) is 12.8. The summed E-state index contributed by atoms with van der Waals surface area (Å²) < 4.78 is 2.03. The Morgan fingerprint density at radius 3 is 2.35 bits per heavy atom. The lowest BCUT2D eigenvalue weighted by molar-refractivity contribution is -0.509. The third kappa shape index (κ3) is 3.94. The number of nitrogens with zero attached hydrogens (tertiary/aromatic N) is 2. The number of hydrogen-bond acceptors (Lipinski definition) is 3. The van der Waals surface area contributed by atoms with Crippen molar-refractivity contribution in [2.24, 2.45) is 0 Å². The number of aromatic nitrogens is 2. The maximum Gasteiger partial charge on any atom is 0.350 e. The fourth-order valence-electron chi connectivity index (χ4n) is 2.12. The topological polar surface area (TPSA) is 45.9 Å². The highest BCUT2D eigenvalue weighted by atomic mass is 35.5. The summed E-state index contributed by atoms with van der Waals surface area (Å²) in [5.74, 6) is 0.697. The molecule has 0 unspecified atom stereocenters. The maximum atomic E-state index is 11.3. The van der Waals surface area contributed by atoms with E-state index in [4.69, 9.17) is 0 Å². The zero-order chi connectivity index (χ0) is 15.5. The molecule has 6 heteroatoms. The van der Waals surface area contributed by atoms with Crippen LogP contribution in [0.15, 0.2) is 54.6 Å². The van der Waals surface area contributed by atoms with E-state index in [0.29, 0.717) is 5.13 Å². The van der Waals surface area contributed by atoms with E-state index < -0.39 is 0 Å². The molecule has 1 amide bonds. The van der Waals surface area contributed by atoms with Crippen molar-refractivity contribution in [2.75, 3.05) is 5.32 Å². The Morgan fingerprint density at radius 2 is 1.74 bits per heavy atom. The summed E-state index contributed by atoms with van der Waals surface area (Å²) in [5, 5.41) is 3.35. The van der Waals surface area contributed by atoms with Crippen LogP contribution in [0, 0.1) is 6.92 Å². The average Bonchev–Trinajstić information content (AvgIpc) is 2.92. The van der Waals surface area contributed by atoms with Crippen LogP contribution in [0.1, 0.15) is 12.5 Å². The number of anilines is 1. The van der Waals surface area contributed by atoms with Crippen LogP contribution < -0.4 is 21.7 Å². The lowest BCUT2D eigenvalue weighted by Crippen LogP contribution is -3.00. The molecule has 118 valence electrons. The number of carbonyl (C=O) groups excluding carboxylic acids is 1. The smallest absolute Gasteiger partial charge is 0.350 e. The largest absolute Gasteiger partial charge is 1.00 e. The van der Waals surface area contributed by atoms with E-state index in [2.05, 4.69) is 41.5 Å². The number of halogens is 1. The molecule has 0 bridgehead atoms. The van der Waals surface area contributed by atoms with Crippen molar-refractivity contribution < 1.29 is 21.2 Å². The molecule has 23 heavy (non-hydrogen) atoms. The van der Waals surface area contributed by atoms with Crippen LogP contribution >= 0.6 is 11.5 Å². The molecule has 1 aromatic heterocycles.